The van der Waals surface area contributed by atoms with Gasteiger partial charge >= 0.3 is 0 Å². The molecule has 3 aromatic rings. The van der Waals surface area contributed by atoms with E-state index in [2.05, 4.69) is 31.9 Å². The van der Waals surface area contributed by atoms with Crippen molar-refractivity contribution in [2.75, 3.05) is 17.2 Å². The minimum atomic E-state index is 0.815. The van der Waals surface area contributed by atoms with Crippen molar-refractivity contribution in [1.29, 1.82) is 0 Å². The summed E-state index contributed by atoms with van der Waals surface area (Å²) in [7, 11) is 0. The van der Waals surface area contributed by atoms with E-state index in [0.29, 0.717) is 0 Å². The number of hydrogen-bond acceptors (Lipinski definition) is 4. The molecule has 0 bridgehead atoms. The quantitative estimate of drug-likeness (QED) is 0.764. The molecule has 1 aliphatic rings. The highest BCUT2D eigenvalue weighted by molar-refractivity contribution is 9.10. The maximum Gasteiger partial charge on any atom is 0.134 e. The van der Waals surface area contributed by atoms with Gasteiger partial charge in [-0.15, -0.1) is 0 Å². The molecule has 2 N–H and O–H groups in total. The predicted octanol–water partition coefficient (Wildman–Crippen LogP) is 3.54. The summed E-state index contributed by atoms with van der Waals surface area (Å²) in [5.74, 6) is 1.01. The van der Waals surface area contributed by atoms with Crippen molar-refractivity contribution < 1.29 is 0 Å². The lowest BCUT2D eigenvalue weighted by atomic mass is 10.1. The normalized spacial score (nSPS) is 13.6. The summed E-state index contributed by atoms with van der Waals surface area (Å²) < 4.78 is 1.03. The number of hydrogen-bond donors (Lipinski definition) is 1. The fourth-order valence-corrected chi connectivity index (χ4v) is 3.37. The summed E-state index contributed by atoms with van der Waals surface area (Å²) in [6.07, 6.45) is 4.64. The molecule has 0 saturated carbocycles. The maximum atomic E-state index is 6.39. The molecule has 0 atom stereocenters. The van der Waals surface area contributed by atoms with E-state index >= 15 is 0 Å². The lowest BCUT2D eigenvalue weighted by Gasteiger charge is -2.19. The molecule has 5 heteroatoms. The third kappa shape index (κ3) is 2.22. The third-order valence-corrected chi connectivity index (χ3v) is 4.59. The van der Waals surface area contributed by atoms with Crippen LogP contribution in [0.15, 0.2) is 47.2 Å². The molecular formula is C17H15BrN4. The monoisotopic (exact) mass is 354 g/mol. The molecule has 2 aromatic heterocycles. The second kappa shape index (κ2) is 5.25. The summed E-state index contributed by atoms with van der Waals surface area (Å²) in [5.41, 5.74) is 10.5. The second-order valence-corrected chi connectivity index (χ2v) is 6.44. The molecule has 0 unspecified atom stereocenters. The molecule has 0 amide bonds. The lowest BCUT2D eigenvalue weighted by molar-refractivity contribution is 0.823. The van der Waals surface area contributed by atoms with E-state index in [4.69, 9.17) is 10.7 Å². The van der Waals surface area contributed by atoms with Gasteiger partial charge in [0.2, 0.25) is 0 Å². The van der Waals surface area contributed by atoms with Gasteiger partial charge in [0.1, 0.15) is 5.82 Å². The van der Waals surface area contributed by atoms with Gasteiger partial charge in [0.25, 0.3) is 0 Å². The lowest BCUT2D eigenvalue weighted by Crippen LogP contribution is -2.20. The fourth-order valence-electron chi connectivity index (χ4n) is 3.01. The number of benzene rings is 1. The molecule has 0 fully saturated rings. The third-order valence-electron chi connectivity index (χ3n) is 4.10. The van der Waals surface area contributed by atoms with Gasteiger partial charge in [-0.1, -0.05) is 22.0 Å². The highest BCUT2D eigenvalue weighted by atomic mass is 79.9. The van der Waals surface area contributed by atoms with Crippen LogP contribution in [0.2, 0.25) is 0 Å². The molecule has 110 valence electrons. The topological polar surface area (TPSA) is 55.0 Å². The van der Waals surface area contributed by atoms with Gasteiger partial charge in [-0.05, 0) is 36.2 Å². The van der Waals surface area contributed by atoms with E-state index in [0.717, 1.165) is 52.0 Å². The first kappa shape index (κ1) is 13.5. The Morgan fingerprint density at radius 2 is 2.18 bits per heavy atom. The van der Waals surface area contributed by atoms with Crippen LogP contribution in [-0.2, 0) is 13.0 Å². The van der Waals surface area contributed by atoms with Crippen LogP contribution in [-0.4, -0.2) is 16.5 Å². The standard InChI is InChI=1S/C17H15BrN4/c18-12-3-4-15-14(8-12)16(19)13-5-7-22(17(13)21-15)10-11-2-1-6-20-9-11/h1-4,6,8-9H,5,7,10H2,(H2,19,21). The molecule has 3 heterocycles. The molecule has 0 radical (unpaired) electrons. The summed E-state index contributed by atoms with van der Waals surface area (Å²) in [6.45, 7) is 1.76. The van der Waals surface area contributed by atoms with Crippen molar-refractivity contribution in [1.82, 2.24) is 9.97 Å². The van der Waals surface area contributed by atoms with Gasteiger partial charge in [0.05, 0.1) is 5.52 Å². The molecular weight excluding hydrogens is 340 g/mol. The molecule has 0 aliphatic carbocycles. The van der Waals surface area contributed by atoms with Crippen LogP contribution in [0, 0.1) is 0 Å². The minimum Gasteiger partial charge on any atom is -0.398 e. The maximum absolute atomic E-state index is 6.39. The van der Waals surface area contributed by atoms with Gasteiger partial charge in [0.15, 0.2) is 0 Å². The average Bonchev–Trinajstić information content (AvgIpc) is 2.93. The summed E-state index contributed by atoms with van der Waals surface area (Å²) in [5, 5.41) is 1.02. The highest BCUT2D eigenvalue weighted by Gasteiger charge is 2.24. The predicted molar refractivity (Wildman–Crippen MR) is 92.8 cm³/mol. The Kier molecular flexibility index (Phi) is 3.22. The number of fused-ring (bicyclic) bond motifs is 2. The molecule has 0 saturated heterocycles. The van der Waals surface area contributed by atoms with Crippen molar-refractivity contribution in [2.24, 2.45) is 0 Å². The summed E-state index contributed by atoms with van der Waals surface area (Å²) >= 11 is 3.50. The average molecular weight is 355 g/mol. The summed E-state index contributed by atoms with van der Waals surface area (Å²) in [6, 6.07) is 10.1. The molecule has 22 heavy (non-hydrogen) atoms. The Labute approximate surface area is 137 Å². The van der Waals surface area contributed by atoms with E-state index in [9.17, 15) is 0 Å². The van der Waals surface area contributed by atoms with E-state index in [-0.39, 0.29) is 0 Å². The molecule has 4 nitrogen and oxygen atoms in total. The van der Waals surface area contributed by atoms with E-state index in [1.807, 2.05) is 30.5 Å². The van der Waals surface area contributed by atoms with Crippen molar-refractivity contribution >= 4 is 38.3 Å². The minimum absolute atomic E-state index is 0.815. The van der Waals surface area contributed by atoms with E-state index < -0.39 is 0 Å². The van der Waals surface area contributed by atoms with Gasteiger partial charge in [-0.2, -0.15) is 0 Å². The Morgan fingerprint density at radius 1 is 1.27 bits per heavy atom. The number of nitrogen functional groups attached to an aromatic ring is 1. The zero-order valence-corrected chi connectivity index (χ0v) is 13.5. The Bertz CT molecular complexity index is 848. The van der Waals surface area contributed by atoms with Crippen molar-refractivity contribution in [2.45, 2.75) is 13.0 Å². The zero-order chi connectivity index (χ0) is 15.1. The van der Waals surface area contributed by atoms with Crippen LogP contribution in [0.1, 0.15) is 11.1 Å². The SMILES string of the molecule is Nc1c2c(nc3ccc(Br)cc13)N(Cc1cccnc1)CC2. The van der Waals surface area contributed by atoms with Crippen LogP contribution >= 0.6 is 15.9 Å². The number of rotatable bonds is 2. The molecule has 4 rings (SSSR count). The van der Waals surface area contributed by atoms with Crippen LogP contribution < -0.4 is 10.6 Å². The largest absolute Gasteiger partial charge is 0.398 e. The first-order valence-electron chi connectivity index (χ1n) is 7.24. The van der Waals surface area contributed by atoms with Crippen molar-refractivity contribution in [3.05, 3.63) is 58.3 Å². The fraction of sp³-hybridized carbons (Fsp3) is 0.176. The van der Waals surface area contributed by atoms with Crippen LogP contribution in [0.25, 0.3) is 10.9 Å². The van der Waals surface area contributed by atoms with Gasteiger partial charge in [-0.3, -0.25) is 4.98 Å². The second-order valence-electron chi connectivity index (χ2n) is 5.52. The smallest absolute Gasteiger partial charge is 0.134 e. The zero-order valence-electron chi connectivity index (χ0n) is 12.0. The van der Waals surface area contributed by atoms with Crippen LogP contribution in [0.3, 0.4) is 0 Å². The van der Waals surface area contributed by atoms with Crippen LogP contribution in [0.5, 0.6) is 0 Å². The van der Waals surface area contributed by atoms with E-state index in [1.54, 1.807) is 6.20 Å². The molecule has 1 aromatic carbocycles. The summed E-state index contributed by atoms with van der Waals surface area (Å²) in [4.78, 5) is 11.3. The van der Waals surface area contributed by atoms with Crippen LogP contribution in [0.4, 0.5) is 11.5 Å². The number of nitrogens with zero attached hydrogens (tertiary/aromatic N) is 3. The number of pyridine rings is 2. The molecule has 1 aliphatic heterocycles. The van der Waals surface area contributed by atoms with Gasteiger partial charge < -0.3 is 10.6 Å². The number of aromatic nitrogens is 2. The first-order valence-corrected chi connectivity index (χ1v) is 8.03. The van der Waals surface area contributed by atoms with Gasteiger partial charge in [-0.25, -0.2) is 4.98 Å². The first-order chi connectivity index (χ1) is 10.7. The Morgan fingerprint density at radius 3 is 3.00 bits per heavy atom. The van der Waals surface area contributed by atoms with Crippen molar-refractivity contribution in [3.8, 4) is 0 Å². The highest BCUT2D eigenvalue weighted by Crippen LogP contribution is 2.37. The Hall–Kier alpha value is -2.14. The molecule has 0 spiro atoms. The number of nitrogens with two attached hydrogens (primary N) is 1. The van der Waals surface area contributed by atoms with Gasteiger partial charge in [0, 0.05) is 46.6 Å². The van der Waals surface area contributed by atoms with Crippen molar-refractivity contribution in [3.63, 3.8) is 0 Å². The Balaban J connectivity index is 1.78. The number of anilines is 2. The van der Waals surface area contributed by atoms with E-state index in [1.165, 1.54) is 5.56 Å². The number of halogens is 1.